The number of carboxylic acids is 1. The first-order valence-corrected chi connectivity index (χ1v) is 8.65. The monoisotopic (exact) mass is 373 g/mol. The molecule has 0 aromatic heterocycles. The zero-order chi connectivity index (χ0) is 20.5. The van der Waals surface area contributed by atoms with Crippen LogP contribution in [0.15, 0.2) is 0 Å². The minimum Gasteiger partial charge on any atom is -0.481 e. The van der Waals surface area contributed by atoms with Gasteiger partial charge in [0, 0.05) is 19.3 Å². The largest absolute Gasteiger partial charge is 0.481 e. The molecule has 0 radical (unpaired) electrons. The number of carbonyl (C=O) groups is 4. The zero-order valence-corrected chi connectivity index (χ0v) is 16.5. The third kappa shape index (κ3) is 13.2. The van der Waals surface area contributed by atoms with Crippen LogP contribution in [0.3, 0.4) is 0 Å². The van der Waals surface area contributed by atoms with Crippen molar-refractivity contribution in [2.45, 2.75) is 90.9 Å². The summed E-state index contributed by atoms with van der Waals surface area (Å²) in [6.45, 7) is 10.3. The van der Waals surface area contributed by atoms with Crippen LogP contribution in [0.4, 0.5) is 0 Å². The Morgan fingerprint density at radius 3 is 1.88 bits per heavy atom. The Labute approximate surface area is 154 Å². The first kappa shape index (κ1) is 23.9. The molecular formula is C18H31NO7. The highest BCUT2D eigenvalue weighted by atomic mass is 16.6. The van der Waals surface area contributed by atoms with E-state index in [9.17, 15) is 19.2 Å². The van der Waals surface area contributed by atoms with Gasteiger partial charge in [0.15, 0.2) is 0 Å². The lowest BCUT2D eigenvalue weighted by Gasteiger charge is -2.25. The Hall–Kier alpha value is -2.12. The maximum Gasteiger partial charge on any atom is 0.329 e. The second-order valence-corrected chi connectivity index (χ2v) is 8.03. The van der Waals surface area contributed by atoms with Gasteiger partial charge in [-0.2, -0.15) is 0 Å². The average molecular weight is 373 g/mol. The second-order valence-electron chi connectivity index (χ2n) is 8.03. The number of carbonyl (C=O) groups excluding carboxylic acids is 3. The van der Waals surface area contributed by atoms with Gasteiger partial charge in [-0.1, -0.05) is 0 Å². The SMILES string of the molecule is CC(C)(C)OC(=O)CCC(NC(=O)CCCC(=O)O)C(=O)OC(C)(C)C. The molecule has 150 valence electrons. The van der Waals surface area contributed by atoms with Gasteiger partial charge in [0.1, 0.15) is 17.2 Å². The molecule has 8 heteroatoms. The molecule has 0 heterocycles. The number of aliphatic carboxylic acids is 1. The molecule has 0 bridgehead atoms. The van der Waals surface area contributed by atoms with Gasteiger partial charge in [-0.05, 0) is 54.4 Å². The number of carboxylic acid groups (broad SMARTS) is 1. The van der Waals surface area contributed by atoms with Crippen LogP contribution in [0.2, 0.25) is 0 Å². The van der Waals surface area contributed by atoms with Crippen molar-refractivity contribution in [3.05, 3.63) is 0 Å². The van der Waals surface area contributed by atoms with E-state index in [1.54, 1.807) is 41.5 Å². The van der Waals surface area contributed by atoms with Gasteiger partial charge in [-0.3, -0.25) is 14.4 Å². The summed E-state index contributed by atoms with van der Waals surface area (Å²) in [5, 5.41) is 11.1. The van der Waals surface area contributed by atoms with E-state index in [-0.39, 0.29) is 32.1 Å². The fourth-order valence-corrected chi connectivity index (χ4v) is 1.94. The molecule has 0 aromatic carbocycles. The highest BCUT2D eigenvalue weighted by molar-refractivity contribution is 5.85. The molecule has 0 aliphatic rings. The van der Waals surface area contributed by atoms with Gasteiger partial charge < -0.3 is 19.9 Å². The minimum absolute atomic E-state index is 0.0297. The van der Waals surface area contributed by atoms with Gasteiger partial charge in [-0.25, -0.2) is 4.79 Å². The molecule has 1 amide bonds. The highest BCUT2D eigenvalue weighted by Crippen LogP contribution is 2.14. The summed E-state index contributed by atoms with van der Waals surface area (Å²) < 4.78 is 10.5. The molecule has 0 aromatic rings. The number of hydrogen-bond donors (Lipinski definition) is 2. The van der Waals surface area contributed by atoms with Crippen molar-refractivity contribution in [3.8, 4) is 0 Å². The number of amides is 1. The topological polar surface area (TPSA) is 119 Å². The molecule has 0 rings (SSSR count). The van der Waals surface area contributed by atoms with Crippen molar-refractivity contribution < 1.29 is 33.8 Å². The molecule has 0 spiro atoms. The van der Waals surface area contributed by atoms with Crippen LogP contribution in [0.5, 0.6) is 0 Å². The fraction of sp³-hybridized carbons (Fsp3) is 0.778. The predicted molar refractivity (Wildman–Crippen MR) is 94.3 cm³/mol. The van der Waals surface area contributed by atoms with E-state index in [0.717, 1.165) is 0 Å². The van der Waals surface area contributed by atoms with Crippen LogP contribution in [0.1, 0.15) is 73.6 Å². The van der Waals surface area contributed by atoms with Crippen LogP contribution >= 0.6 is 0 Å². The van der Waals surface area contributed by atoms with Crippen LogP contribution < -0.4 is 5.32 Å². The number of rotatable bonds is 9. The van der Waals surface area contributed by atoms with E-state index in [2.05, 4.69) is 5.32 Å². The molecule has 0 aliphatic carbocycles. The maximum absolute atomic E-state index is 12.3. The Morgan fingerprint density at radius 2 is 1.42 bits per heavy atom. The molecule has 8 nitrogen and oxygen atoms in total. The van der Waals surface area contributed by atoms with Crippen molar-refractivity contribution in [2.24, 2.45) is 0 Å². The molecule has 0 aliphatic heterocycles. The molecule has 1 unspecified atom stereocenters. The average Bonchev–Trinajstić information content (AvgIpc) is 2.38. The van der Waals surface area contributed by atoms with Crippen molar-refractivity contribution in [2.75, 3.05) is 0 Å². The first-order valence-electron chi connectivity index (χ1n) is 8.65. The van der Waals surface area contributed by atoms with E-state index >= 15 is 0 Å². The summed E-state index contributed by atoms with van der Waals surface area (Å²) in [6.07, 6.45) is -0.0280. The third-order valence-electron chi connectivity index (χ3n) is 2.88. The standard InChI is InChI=1S/C18H31NO7/c1-17(2,3)25-15(23)11-10-12(16(24)26-18(4,5)6)19-13(20)8-7-9-14(21)22/h12H,7-11H2,1-6H3,(H,19,20)(H,21,22). The van der Waals surface area contributed by atoms with Crippen molar-refractivity contribution in [3.63, 3.8) is 0 Å². The van der Waals surface area contributed by atoms with E-state index in [0.29, 0.717) is 0 Å². The lowest BCUT2D eigenvalue weighted by Crippen LogP contribution is -2.44. The van der Waals surface area contributed by atoms with Gasteiger partial charge in [0.05, 0.1) is 0 Å². The number of nitrogens with one attached hydrogen (secondary N) is 1. The summed E-state index contributed by atoms with van der Waals surface area (Å²) in [5.74, 6) is -2.59. The normalized spacial score (nSPS) is 12.8. The molecule has 0 saturated heterocycles. The van der Waals surface area contributed by atoms with E-state index < -0.39 is 41.1 Å². The van der Waals surface area contributed by atoms with Crippen molar-refractivity contribution in [1.82, 2.24) is 5.32 Å². The summed E-state index contributed by atoms with van der Waals surface area (Å²) in [5.41, 5.74) is -1.38. The molecule has 2 N–H and O–H groups in total. The van der Waals surface area contributed by atoms with Gasteiger partial charge in [0.2, 0.25) is 5.91 Å². The molecular weight excluding hydrogens is 342 g/mol. The van der Waals surface area contributed by atoms with Gasteiger partial charge in [0.25, 0.3) is 0 Å². The quantitative estimate of drug-likeness (QED) is 0.595. The van der Waals surface area contributed by atoms with Gasteiger partial charge in [-0.15, -0.1) is 0 Å². The Kier molecular flexibility index (Phi) is 9.31. The molecule has 26 heavy (non-hydrogen) atoms. The van der Waals surface area contributed by atoms with E-state index in [4.69, 9.17) is 14.6 Å². The van der Waals surface area contributed by atoms with Gasteiger partial charge >= 0.3 is 17.9 Å². The fourth-order valence-electron chi connectivity index (χ4n) is 1.94. The Bertz CT molecular complexity index is 515. The Morgan fingerprint density at radius 1 is 0.885 bits per heavy atom. The molecule has 1 atom stereocenters. The maximum atomic E-state index is 12.3. The smallest absolute Gasteiger partial charge is 0.329 e. The second kappa shape index (κ2) is 10.1. The number of esters is 2. The summed E-state index contributed by atoms with van der Waals surface area (Å²) in [4.78, 5) is 46.6. The summed E-state index contributed by atoms with van der Waals surface area (Å²) in [6, 6.07) is -1.00. The summed E-state index contributed by atoms with van der Waals surface area (Å²) >= 11 is 0. The van der Waals surface area contributed by atoms with Crippen molar-refractivity contribution in [1.29, 1.82) is 0 Å². The predicted octanol–water partition coefficient (Wildman–Crippen LogP) is 2.19. The Balaban J connectivity index is 4.79. The lowest BCUT2D eigenvalue weighted by molar-refractivity contribution is -0.160. The lowest BCUT2D eigenvalue weighted by atomic mass is 10.1. The number of hydrogen-bond acceptors (Lipinski definition) is 6. The molecule has 0 fully saturated rings. The van der Waals surface area contributed by atoms with Crippen molar-refractivity contribution >= 4 is 23.8 Å². The number of ether oxygens (including phenoxy) is 2. The summed E-state index contributed by atoms with van der Waals surface area (Å²) in [7, 11) is 0. The minimum atomic E-state index is -1.00. The van der Waals surface area contributed by atoms with Crippen LogP contribution in [-0.2, 0) is 28.7 Å². The van der Waals surface area contributed by atoms with Crippen LogP contribution in [-0.4, -0.2) is 46.2 Å². The third-order valence-corrected chi connectivity index (χ3v) is 2.88. The van der Waals surface area contributed by atoms with E-state index in [1.165, 1.54) is 0 Å². The van der Waals surface area contributed by atoms with Crippen LogP contribution in [0.25, 0.3) is 0 Å². The van der Waals surface area contributed by atoms with E-state index in [1.807, 2.05) is 0 Å². The molecule has 0 saturated carbocycles. The first-order chi connectivity index (χ1) is 11.7. The zero-order valence-electron chi connectivity index (χ0n) is 16.5. The highest BCUT2D eigenvalue weighted by Gasteiger charge is 2.28. The van der Waals surface area contributed by atoms with Crippen LogP contribution in [0, 0.1) is 0 Å².